The highest BCUT2D eigenvalue weighted by Crippen LogP contribution is 2.34. The number of pyridine rings is 1. The smallest absolute Gasteiger partial charge is 0.262 e. The van der Waals surface area contributed by atoms with Crippen LogP contribution in [0.4, 0.5) is 5.82 Å². The van der Waals surface area contributed by atoms with Crippen LogP contribution in [0, 0.1) is 0 Å². The van der Waals surface area contributed by atoms with E-state index in [1.54, 1.807) is 41.3 Å². The lowest BCUT2D eigenvalue weighted by Crippen LogP contribution is -2.22. The van der Waals surface area contributed by atoms with E-state index in [1.165, 1.54) is 28.6 Å². The molecule has 134 valence electrons. The molecule has 1 N–H and O–H groups in total. The van der Waals surface area contributed by atoms with Crippen LogP contribution < -0.4 is 10.9 Å². The summed E-state index contributed by atoms with van der Waals surface area (Å²) in [6.07, 6.45) is 5.93. The van der Waals surface area contributed by atoms with Crippen molar-refractivity contribution in [1.82, 2.24) is 14.5 Å². The van der Waals surface area contributed by atoms with Gasteiger partial charge in [-0.2, -0.15) is 0 Å². The minimum atomic E-state index is -0.173. The maximum atomic E-state index is 12.8. The summed E-state index contributed by atoms with van der Waals surface area (Å²) in [4.78, 5) is 35.8. The van der Waals surface area contributed by atoms with Crippen molar-refractivity contribution in [2.24, 2.45) is 7.05 Å². The lowest BCUT2D eigenvalue weighted by Gasteiger charge is -2.10. The molecule has 26 heavy (non-hydrogen) atoms. The summed E-state index contributed by atoms with van der Waals surface area (Å²) in [6, 6.07) is 5.34. The second-order valence-corrected chi connectivity index (χ2v) is 8.23. The maximum Gasteiger partial charge on any atom is 0.262 e. The second kappa shape index (κ2) is 7.20. The summed E-state index contributed by atoms with van der Waals surface area (Å²) < 4.78 is 1.56. The number of rotatable bonds is 4. The Morgan fingerprint density at radius 1 is 1.35 bits per heavy atom. The first-order chi connectivity index (χ1) is 12.6. The number of aromatic nitrogens is 3. The van der Waals surface area contributed by atoms with Crippen molar-refractivity contribution in [1.29, 1.82) is 0 Å². The SMILES string of the molecule is Cn1c(SCC(=O)Nc2ccccn2)nc2sc3c(c2c1=O)CCCC3. The molecule has 0 unspecified atom stereocenters. The zero-order chi connectivity index (χ0) is 18.1. The Hall–Kier alpha value is -2.19. The molecule has 1 aliphatic carbocycles. The Labute approximate surface area is 158 Å². The number of anilines is 1. The molecule has 1 amide bonds. The van der Waals surface area contributed by atoms with E-state index in [0.717, 1.165) is 29.5 Å². The van der Waals surface area contributed by atoms with Gasteiger partial charge in [-0.1, -0.05) is 17.8 Å². The zero-order valence-corrected chi connectivity index (χ0v) is 16.0. The first-order valence-corrected chi connectivity index (χ1v) is 10.3. The molecule has 0 saturated carbocycles. The number of thioether (sulfide) groups is 1. The van der Waals surface area contributed by atoms with Crippen LogP contribution in [0.5, 0.6) is 0 Å². The predicted molar refractivity (Wildman–Crippen MR) is 105 cm³/mol. The molecule has 3 aromatic rings. The molecule has 4 rings (SSSR count). The van der Waals surface area contributed by atoms with E-state index in [4.69, 9.17) is 0 Å². The van der Waals surface area contributed by atoms with E-state index in [9.17, 15) is 9.59 Å². The summed E-state index contributed by atoms with van der Waals surface area (Å²) in [7, 11) is 1.72. The van der Waals surface area contributed by atoms with Gasteiger partial charge in [0.25, 0.3) is 5.56 Å². The quantitative estimate of drug-likeness (QED) is 0.551. The molecule has 3 heterocycles. The number of carbonyl (C=O) groups excluding carboxylic acids is 1. The Bertz CT molecular complexity index is 1030. The van der Waals surface area contributed by atoms with E-state index in [0.29, 0.717) is 11.0 Å². The fourth-order valence-corrected chi connectivity index (χ4v) is 5.22. The Kier molecular flexibility index (Phi) is 4.78. The molecule has 8 heteroatoms. The molecule has 0 aliphatic heterocycles. The van der Waals surface area contributed by atoms with Crippen LogP contribution in [-0.2, 0) is 24.7 Å². The summed E-state index contributed by atoms with van der Waals surface area (Å²) in [5.74, 6) is 0.517. The monoisotopic (exact) mass is 386 g/mol. The van der Waals surface area contributed by atoms with Crippen molar-refractivity contribution in [2.45, 2.75) is 30.8 Å². The highest BCUT2D eigenvalue weighted by Gasteiger charge is 2.21. The molecule has 0 fully saturated rings. The average molecular weight is 387 g/mol. The minimum absolute atomic E-state index is 0.0120. The van der Waals surface area contributed by atoms with Crippen LogP contribution >= 0.6 is 23.1 Å². The van der Waals surface area contributed by atoms with Crippen molar-refractivity contribution in [3.8, 4) is 0 Å². The number of carbonyl (C=O) groups is 1. The van der Waals surface area contributed by atoms with Gasteiger partial charge < -0.3 is 5.32 Å². The standard InChI is InChI=1S/C18H18N4O2S2/c1-22-17(24)15-11-6-2-3-7-12(11)26-16(15)21-18(22)25-10-14(23)20-13-8-4-5-9-19-13/h4-5,8-9H,2-3,6-7,10H2,1H3,(H,19,20,23). The van der Waals surface area contributed by atoms with Crippen molar-refractivity contribution < 1.29 is 4.79 Å². The minimum Gasteiger partial charge on any atom is -0.310 e. The molecule has 6 nitrogen and oxygen atoms in total. The Balaban J connectivity index is 1.56. The van der Waals surface area contributed by atoms with Crippen LogP contribution in [0.3, 0.4) is 0 Å². The van der Waals surface area contributed by atoms with Gasteiger partial charge in [0.1, 0.15) is 10.6 Å². The van der Waals surface area contributed by atoms with Gasteiger partial charge in [-0.15, -0.1) is 11.3 Å². The van der Waals surface area contributed by atoms with Gasteiger partial charge >= 0.3 is 0 Å². The number of fused-ring (bicyclic) bond motifs is 3. The van der Waals surface area contributed by atoms with Crippen molar-refractivity contribution in [3.63, 3.8) is 0 Å². The first kappa shape index (κ1) is 17.2. The van der Waals surface area contributed by atoms with Gasteiger partial charge in [-0.05, 0) is 43.4 Å². The molecular weight excluding hydrogens is 368 g/mol. The maximum absolute atomic E-state index is 12.8. The largest absolute Gasteiger partial charge is 0.310 e. The Morgan fingerprint density at radius 2 is 2.19 bits per heavy atom. The third-order valence-corrected chi connectivity index (χ3v) is 6.64. The first-order valence-electron chi connectivity index (χ1n) is 8.48. The molecule has 0 radical (unpaired) electrons. The van der Waals surface area contributed by atoms with Gasteiger partial charge in [0, 0.05) is 18.1 Å². The van der Waals surface area contributed by atoms with Crippen molar-refractivity contribution in [2.75, 3.05) is 11.1 Å². The highest BCUT2D eigenvalue weighted by atomic mass is 32.2. The van der Waals surface area contributed by atoms with E-state index < -0.39 is 0 Å². The van der Waals surface area contributed by atoms with Gasteiger partial charge in [0.2, 0.25) is 5.91 Å². The molecule has 3 aromatic heterocycles. The van der Waals surface area contributed by atoms with E-state index in [1.807, 2.05) is 6.07 Å². The molecular formula is C18H18N4O2S2. The zero-order valence-electron chi connectivity index (χ0n) is 14.3. The fourth-order valence-electron chi connectivity index (χ4n) is 3.14. The fraction of sp³-hybridized carbons (Fsp3) is 0.333. The average Bonchev–Trinajstić information content (AvgIpc) is 3.02. The Morgan fingerprint density at radius 3 is 3.00 bits per heavy atom. The lowest BCUT2D eigenvalue weighted by molar-refractivity contribution is -0.113. The van der Waals surface area contributed by atoms with Gasteiger partial charge in [-0.25, -0.2) is 9.97 Å². The van der Waals surface area contributed by atoms with Crippen LogP contribution in [0.15, 0.2) is 34.3 Å². The highest BCUT2D eigenvalue weighted by molar-refractivity contribution is 7.99. The summed E-state index contributed by atoms with van der Waals surface area (Å²) in [6.45, 7) is 0. The van der Waals surface area contributed by atoms with Crippen molar-refractivity contribution >= 4 is 45.0 Å². The number of nitrogens with zero attached hydrogens (tertiary/aromatic N) is 3. The van der Waals surface area contributed by atoms with Gasteiger partial charge in [0.15, 0.2) is 5.16 Å². The van der Waals surface area contributed by atoms with E-state index in [2.05, 4.69) is 15.3 Å². The van der Waals surface area contributed by atoms with Crippen LogP contribution in [0.25, 0.3) is 10.2 Å². The lowest BCUT2D eigenvalue weighted by atomic mass is 9.97. The molecule has 0 saturated heterocycles. The van der Waals surface area contributed by atoms with Gasteiger partial charge in [0.05, 0.1) is 11.1 Å². The summed E-state index contributed by atoms with van der Waals surface area (Å²) in [5.41, 5.74) is 1.18. The van der Waals surface area contributed by atoms with Crippen LogP contribution in [0.1, 0.15) is 23.3 Å². The molecule has 0 spiro atoms. The number of hydrogen-bond acceptors (Lipinski definition) is 6. The number of amides is 1. The molecule has 1 aliphatic rings. The molecule has 0 atom stereocenters. The van der Waals surface area contributed by atoms with E-state index >= 15 is 0 Å². The third kappa shape index (κ3) is 3.26. The molecule has 0 bridgehead atoms. The van der Waals surface area contributed by atoms with Crippen LogP contribution in [0.2, 0.25) is 0 Å². The number of thiophene rings is 1. The second-order valence-electron chi connectivity index (χ2n) is 6.20. The number of aryl methyl sites for hydroxylation is 2. The third-order valence-electron chi connectivity index (χ3n) is 4.42. The van der Waals surface area contributed by atoms with Crippen molar-refractivity contribution in [3.05, 3.63) is 45.2 Å². The normalized spacial score (nSPS) is 13.6. The van der Waals surface area contributed by atoms with Gasteiger partial charge in [-0.3, -0.25) is 14.2 Å². The summed E-state index contributed by atoms with van der Waals surface area (Å²) in [5, 5.41) is 4.08. The number of hydrogen-bond donors (Lipinski definition) is 1. The topological polar surface area (TPSA) is 76.9 Å². The summed E-state index contributed by atoms with van der Waals surface area (Å²) >= 11 is 2.89. The molecule has 0 aromatic carbocycles. The predicted octanol–water partition coefficient (Wildman–Crippen LogP) is 3.00. The van der Waals surface area contributed by atoms with Crippen LogP contribution in [-0.4, -0.2) is 26.2 Å². The van der Waals surface area contributed by atoms with E-state index in [-0.39, 0.29) is 17.2 Å². The number of nitrogens with one attached hydrogen (secondary N) is 1.